The van der Waals surface area contributed by atoms with Gasteiger partial charge in [0.2, 0.25) is 11.8 Å². The summed E-state index contributed by atoms with van der Waals surface area (Å²) in [5.74, 6) is -0.246. The number of carbonyl (C=O) groups is 2. The first-order valence-electron chi connectivity index (χ1n) is 12.8. The quantitative estimate of drug-likeness (QED) is 0.362. The highest BCUT2D eigenvalue weighted by atomic mass is 19.1. The average molecular weight is 532 g/mol. The van der Waals surface area contributed by atoms with Crippen molar-refractivity contribution >= 4 is 28.5 Å². The summed E-state index contributed by atoms with van der Waals surface area (Å²) >= 11 is 0. The Balaban J connectivity index is 1.62. The van der Waals surface area contributed by atoms with Crippen molar-refractivity contribution in [3.63, 3.8) is 0 Å². The Morgan fingerprint density at radius 1 is 1.05 bits per heavy atom. The molecular formula is C29H30FN5O4. The zero-order valence-corrected chi connectivity index (χ0v) is 22.1. The van der Waals surface area contributed by atoms with Crippen molar-refractivity contribution in [1.29, 1.82) is 0 Å². The lowest BCUT2D eigenvalue weighted by molar-refractivity contribution is -0.128. The van der Waals surface area contributed by atoms with Gasteiger partial charge in [0, 0.05) is 17.3 Å². The van der Waals surface area contributed by atoms with Gasteiger partial charge < -0.3 is 14.8 Å². The van der Waals surface area contributed by atoms with Gasteiger partial charge in [-0.3, -0.25) is 14.5 Å². The molecular weight excluding hydrogens is 501 g/mol. The molecule has 3 aromatic carbocycles. The van der Waals surface area contributed by atoms with Gasteiger partial charge in [0.25, 0.3) is 0 Å². The van der Waals surface area contributed by atoms with E-state index in [9.17, 15) is 14.0 Å². The van der Waals surface area contributed by atoms with Crippen LogP contribution in [0.5, 0.6) is 11.5 Å². The molecule has 1 aromatic heterocycles. The molecule has 5 rings (SSSR count). The average Bonchev–Trinajstić information content (AvgIpc) is 3.34. The largest absolute Gasteiger partial charge is 0.486 e. The summed E-state index contributed by atoms with van der Waals surface area (Å²) in [4.78, 5) is 29.5. The van der Waals surface area contributed by atoms with Crippen LogP contribution < -0.4 is 19.7 Å². The number of amides is 2. The summed E-state index contributed by atoms with van der Waals surface area (Å²) in [6, 6.07) is 16.9. The van der Waals surface area contributed by atoms with Crippen molar-refractivity contribution < 1.29 is 23.5 Å². The predicted molar refractivity (Wildman–Crippen MR) is 144 cm³/mol. The summed E-state index contributed by atoms with van der Waals surface area (Å²) in [5, 5.41) is 11.4. The first-order valence-corrected chi connectivity index (χ1v) is 12.8. The lowest BCUT2D eigenvalue weighted by Gasteiger charge is -2.35. The van der Waals surface area contributed by atoms with Crippen molar-refractivity contribution in [1.82, 2.24) is 20.3 Å². The van der Waals surface area contributed by atoms with Crippen molar-refractivity contribution in [2.45, 2.75) is 45.3 Å². The number of benzene rings is 3. The Labute approximate surface area is 225 Å². The number of hydrogen-bond acceptors (Lipinski definition) is 6. The molecule has 0 saturated heterocycles. The van der Waals surface area contributed by atoms with E-state index < -0.39 is 29.2 Å². The SMILES string of the molecule is CCC(C)(C)NC(=O)C(c1ccc(F)cc1)N(C(=O)Cn1nnc2ccccc21)c1ccc2c(c1)OCCO2. The molecule has 1 aliphatic heterocycles. The zero-order valence-electron chi connectivity index (χ0n) is 22.1. The Morgan fingerprint density at radius 2 is 1.77 bits per heavy atom. The molecule has 39 heavy (non-hydrogen) atoms. The number of anilines is 1. The molecule has 0 fully saturated rings. The van der Waals surface area contributed by atoms with Crippen LogP contribution >= 0.6 is 0 Å². The molecule has 1 aliphatic rings. The first-order chi connectivity index (χ1) is 18.8. The van der Waals surface area contributed by atoms with E-state index in [1.54, 1.807) is 18.2 Å². The standard InChI is InChI=1S/C29H30FN5O4/c1-4-29(2,3)31-28(37)27(19-9-11-20(30)12-10-19)35(21-13-14-24-25(17-21)39-16-15-38-24)26(36)18-34-23-8-6-5-7-22(23)32-33-34/h5-14,17,27H,4,15-16,18H2,1-3H3,(H,31,37). The molecule has 4 aromatic rings. The van der Waals surface area contributed by atoms with Crippen molar-refractivity contribution in [2.75, 3.05) is 18.1 Å². The van der Waals surface area contributed by atoms with Crippen LogP contribution in [-0.2, 0) is 16.1 Å². The maximum Gasteiger partial charge on any atom is 0.249 e. The molecule has 0 bridgehead atoms. The van der Waals surface area contributed by atoms with Crippen LogP contribution in [0.1, 0.15) is 38.8 Å². The van der Waals surface area contributed by atoms with Crippen LogP contribution in [0.25, 0.3) is 11.0 Å². The number of nitrogens with zero attached hydrogens (tertiary/aromatic N) is 4. The summed E-state index contributed by atoms with van der Waals surface area (Å²) in [7, 11) is 0. The van der Waals surface area contributed by atoms with Gasteiger partial charge in [0.1, 0.15) is 37.1 Å². The normalized spacial score (nSPS) is 13.6. The maximum atomic E-state index is 14.2. The van der Waals surface area contributed by atoms with Gasteiger partial charge in [-0.15, -0.1) is 5.10 Å². The minimum absolute atomic E-state index is 0.183. The van der Waals surface area contributed by atoms with Crippen LogP contribution in [0, 0.1) is 5.82 Å². The number of ether oxygens (including phenoxy) is 2. The van der Waals surface area contributed by atoms with E-state index in [0.717, 1.165) is 0 Å². The van der Waals surface area contributed by atoms with Crippen molar-refractivity contribution in [3.8, 4) is 11.5 Å². The molecule has 10 heteroatoms. The zero-order chi connectivity index (χ0) is 27.6. The fraction of sp³-hybridized carbons (Fsp3) is 0.310. The van der Waals surface area contributed by atoms with Gasteiger partial charge in [-0.1, -0.05) is 36.4 Å². The molecule has 0 aliphatic carbocycles. The molecule has 1 atom stereocenters. The molecule has 2 amide bonds. The van der Waals surface area contributed by atoms with Gasteiger partial charge in [0.15, 0.2) is 11.5 Å². The number of fused-ring (bicyclic) bond motifs is 2. The first kappa shape index (κ1) is 26.1. The lowest BCUT2D eigenvalue weighted by atomic mass is 9.98. The van der Waals surface area contributed by atoms with E-state index in [-0.39, 0.29) is 6.54 Å². The monoisotopic (exact) mass is 531 g/mol. The van der Waals surface area contributed by atoms with Crippen molar-refractivity contribution in [2.24, 2.45) is 0 Å². The lowest BCUT2D eigenvalue weighted by Crippen LogP contribution is -2.51. The molecule has 9 nitrogen and oxygen atoms in total. The van der Waals surface area contributed by atoms with E-state index >= 15 is 0 Å². The number of rotatable bonds is 8. The van der Waals surface area contributed by atoms with Gasteiger partial charge in [0.05, 0.1) is 5.52 Å². The Morgan fingerprint density at radius 3 is 2.51 bits per heavy atom. The molecule has 1 N–H and O–H groups in total. The topological polar surface area (TPSA) is 98.6 Å². The minimum atomic E-state index is -1.11. The summed E-state index contributed by atoms with van der Waals surface area (Å²) in [6.07, 6.45) is 0.664. The Hall–Kier alpha value is -4.47. The van der Waals surface area contributed by atoms with Gasteiger partial charge in [-0.05, 0) is 62.2 Å². The van der Waals surface area contributed by atoms with Crippen molar-refractivity contribution in [3.05, 3.63) is 78.1 Å². The van der Waals surface area contributed by atoms with Gasteiger partial charge >= 0.3 is 0 Å². The molecule has 0 spiro atoms. The summed E-state index contributed by atoms with van der Waals surface area (Å²) in [6.45, 7) is 6.38. The van der Waals surface area contributed by atoms with E-state index in [4.69, 9.17) is 9.47 Å². The highest BCUT2D eigenvalue weighted by Crippen LogP contribution is 2.37. The second kappa shape index (κ2) is 10.7. The number of aromatic nitrogens is 3. The van der Waals surface area contributed by atoms with Crippen LogP contribution in [0.3, 0.4) is 0 Å². The highest BCUT2D eigenvalue weighted by molar-refractivity contribution is 6.02. The number of hydrogen-bond donors (Lipinski definition) is 1. The summed E-state index contributed by atoms with van der Waals surface area (Å²) < 4.78 is 26.9. The molecule has 2 heterocycles. The minimum Gasteiger partial charge on any atom is -0.486 e. The van der Waals surface area contributed by atoms with E-state index in [1.807, 2.05) is 45.0 Å². The fourth-order valence-corrected chi connectivity index (χ4v) is 4.41. The van der Waals surface area contributed by atoms with E-state index in [1.165, 1.54) is 33.8 Å². The van der Waals surface area contributed by atoms with E-state index in [0.29, 0.717) is 53.4 Å². The van der Waals surface area contributed by atoms with Gasteiger partial charge in [-0.25, -0.2) is 9.07 Å². The van der Waals surface area contributed by atoms with Crippen LogP contribution in [-0.4, -0.2) is 45.6 Å². The van der Waals surface area contributed by atoms with Crippen LogP contribution in [0.4, 0.5) is 10.1 Å². The summed E-state index contributed by atoms with van der Waals surface area (Å²) in [5.41, 5.74) is 1.66. The smallest absolute Gasteiger partial charge is 0.249 e. The molecule has 202 valence electrons. The Kier molecular flexibility index (Phi) is 7.19. The second-order valence-corrected chi connectivity index (χ2v) is 10.0. The van der Waals surface area contributed by atoms with Gasteiger partial charge in [-0.2, -0.15) is 0 Å². The van der Waals surface area contributed by atoms with E-state index in [2.05, 4.69) is 15.6 Å². The Bertz CT molecular complexity index is 1500. The fourth-order valence-electron chi connectivity index (χ4n) is 4.41. The maximum absolute atomic E-state index is 14.2. The number of carbonyl (C=O) groups excluding carboxylic acids is 2. The van der Waals surface area contributed by atoms with Crippen LogP contribution in [0.2, 0.25) is 0 Å². The third kappa shape index (κ3) is 5.55. The molecule has 0 saturated carbocycles. The molecule has 0 radical (unpaired) electrons. The van der Waals surface area contributed by atoms with Crippen LogP contribution in [0.15, 0.2) is 66.7 Å². The number of nitrogens with one attached hydrogen (secondary N) is 1. The second-order valence-electron chi connectivity index (χ2n) is 10.0. The third-order valence-electron chi connectivity index (χ3n) is 6.82. The molecule has 1 unspecified atom stereocenters. The predicted octanol–water partition coefficient (Wildman–Crippen LogP) is 4.42. The number of halogens is 1. The number of para-hydroxylation sites is 1. The third-order valence-corrected chi connectivity index (χ3v) is 6.82. The highest BCUT2D eigenvalue weighted by Gasteiger charge is 2.36.